The Labute approximate surface area is 190 Å². The first kappa shape index (κ1) is 22.8. The Kier molecular flexibility index (Phi) is 6.58. The van der Waals surface area contributed by atoms with Gasteiger partial charge in [0, 0.05) is 7.05 Å². The van der Waals surface area contributed by atoms with Gasteiger partial charge in [-0.1, -0.05) is 43.2 Å². The number of imide groups is 1. The lowest BCUT2D eigenvalue weighted by atomic mass is 9.58. The topological polar surface area (TPSA) is 87.1 Å². The molecular weight excluding hydrogens is 405 g/mol. The van der Waals surface area contributed by atoms with E-state index in [2.05, 4.69) is 19.9 Å². The number of phenols is 1. The maximum absolute atomic E-state index is 12.9. The van der Waals surface area contributed by atoms with E-state index in [0.29, 0.717) is 19.2 Å². The monoisotopic (exact) mass is 437 g/mol. The van der Waals surface area contributed by atoms with Gasteiger partial charge in [-0.3, -0.25) is 14.5 Å². The number of benzene rings is 1. The van der Waals surface area contributed by atoms with Crippen molar-refractivity contribution in [1.82, 2.24) is 4.90 Å². The summed E-state index contributed by atoms with van der Waals surface area (Å²) in [6.45, 7) is 4.20. The fourth-order valence-corrected chi connectivity index (χ4v) is 5.78. The molecule has 2 saturated heterocycles. The maximum Gasteiger partial charge on any atom is 0.455 e. The number of fused-ring (bicyclic) bond motifs is 3. The van der Waals surface area contributed by atoms with Gasteiger partial charge in [-0.05, 0) is 67.6 Å². The van der Waals surface area contributed by atoms with Crippen molar-refractivity contribution in [2.45, 2.75) is 58.4 Å². The average molecular weight is 437 g/mol. The number of phenolic OH excluding ortho intramolecular Hbond substituents is 1. The van der Waals surface area contributed by atoms with Crippen LogP contribution in [0.25, 0.3) is 6.08 Å². The first-order valence-corrected chi connectivity index (χ1v) is 11.7. The van der Waals surface area contributed by atoms with Gasteiger partial charge >= 0.3 is 7.12 Å². The first-order chi connectivity index (χ1) is 15.3. The highest BCUT2D eigenvalue weighted by molar-refractivity contribution is 6.43. The molecule has 4 rings (SSSR count). The third kappa shape index (κ3) is 4.16. The van der Waals surface area contributed by atoms with Crippen LogP contribution in [0.1, 0.15) is 51.5 Å². The second kappa shape index (κ2) is 9.24. The third-order valence-corrected chi connectivity index (χ3v) is 7.38. The van der Waals surface area contributed by atoms with Crippen molar-refractivity contribution in [1.29, 1.82) is 0 Å². The lowest BCUT2D eigenvalue weighted by Crippen LogP contribution is -2.46. The quantitative estimate of drug-likeness (QED) is 0.402. The van der Waals surface area contributed by atoms with Gasteiger partial charge in [-0.25, -0.2) is 0 Å². The third-order valence-electron chi connectivity index (χ3n) is 7.38. The van der Waals surface area contributed by atoms with Gasteiger partial charge in [-0.15, -0.1) is 0 Å². The van der Waals surface area contributed by atoms with Crippen molar-refractivity contribution in [3.8, 4) is 5.75 Å². The van der Waals surface area contributed by atoms with E-state index < -0.39 is 7.12 Å². The van der Waals surface area contributed by atoms with Crippen LogP contribution in [0.2, 0.25) is 6.32 Å². The van der Waals surface area contributed by atoms with E-state index in [4.69, 9.17) is 4.65 Å². The highest BCUT2D eigenvalue weighted by Gasteiger charge is 2.56. The highest BCUT2D eigenvalue weighted by Crippen LogP contribution is 2.50. The Balaban J connectivity index is 1.59. The summed E-state index contributed by atoms with van der Waals surface area (Å²) < 4.78 is 6.01. The molecule has 0 unspecified atom stereocenters. The zero-order chi connectivity index (χ0) is 23.0. The molecule has 2 N–H and O–H groups in total. The smallest absolute Gasteiger partial charge is 0.455 e. The summed E-state index contributed by atoms with van der Waals surface area (Å²) in [6.07, 6.45) is 5.99. The molecule has 4 atom stereocenters. The summed E-state index contributed by atoms with van der Waals surface area (Å²) in [5.74, 6) is -0.801. The van der Waals surface area contributed by atoms with Crippen LogP contribution in [-0.2, 0) is 14.2 Å². The number of likely N-dealkylation sites (tertiary alicyclic amines) is 1. The molecular formula is C25H32BNO5. The van der Waals surface area contributed by atoms with Crippen LogP contribution in [0.3, 0.4) is 0 Å². The Bertz CT molecular complexity index is 971. The zero-order valence-electron chi connectivity index (χ0n) is 19.1. The highest BCUT2D eigenvalue weighted by atomic mass is 16.5. The van der Waals surface area contributed by atoms with Gasteiger partial charge in [0.2, 0.25) is 11.8 Å². The minimum absolute atomic E-state index is 0.0927. The molecule has 0 spiro atoms. The SMILES string of the molecule is CCC1=C2[C@@H](CC/C(=C/c3cccc(O)c3)CC)OB(O)C[C@@H]2[C@@H]2C(=O)N(C)C(=O)[C@@H]2C1. The van der Waals surface area contributed by atoms with E-state index in [-0.39, 0.29) is 41.4 Å². The standard InChI is InChI=1S/C25H32BNO5/c1-4-15(11-16-7-6-8-18(28)12-16)9-10-21-22-17(5-2)13-19-23(20(22)14-26(31)32-21)25(30)27(3)24(19)29/h6-8,11-12,19-21,23,28,31H,4-5,9-10,13-14H2,1-3H3/b15-11+/t19-,20+,21-,23-/m1/s1. The fraction of sp³-hybridized carbons (Fsp3) is 0.520. The molecule has 1 aromatic carbocycles. The number of nitrogens with zero attached hydrogens (tertiary/aromatic N) is 1. The van der Waals surface area contributed by atoms with E-state index in [1.54, 1.807) is 19.2 Å². The van der Waals surface area contributed by atoms with Crippen LogP contribution < -0.4 is 0 Å². The van der Waals surface area contributed by atoms with Crippen LogP contribution in [0.4, 0.5) is 0 Å². The molecule has 6 nitrogen and oxygen atoms in total. The maximum atomic E-state index is 12.9. The van der Waals surface area contributed by atoms with Crippen LogP contribution >= 0.6 is 0 Å². The number of hydrogen-bond acceptors (Lipinski definition) is 5. The molecule has 1 aromatic rings. The number of aromatic hydroxyl groups is 1. The van der Waals surface area contributed by atoms with Gasteiger partial charge in [0.1, 0.15) is 5.75 Å². The van der Waals surface area contributed by atoms with E-state index in [1.165, 1.54) is 16.0 Å². The van der Waals surface area contributed by atoms with Crippen molar-refractivity contribution in [3.63, 3.8) is 0 Å². The molecule has 2 fully saturated rings. The second-order valence-electron chi connectivity index (χ2n) is 9.20. The van der Waals surface area contributed by atoms with Crippen LogP contribution in [0.15, 0.2) is 41.0 Å². The Morgan fingerprint density at radius 3 is 2.72 bits per heavy atom. The second-order valence-corrected chi connectivity index (χ2v) is 9.20. The number of amides is 2. The average Bonchev–Trinajstić information content (AvgIpc) is 2.99. The molecule has 170 valence electrons. The van der Waals surface area contributed by atoms with E-state index >= 15 is 0 Å². The summed E-state index contributed by atoms with van der Waals surface area (Å²) >= 11 is 0. The van der Waals surface area contributed by atoms with Gasteiger partial charge in [0.25, 0.3) is 0 Å². The lowest BCUT2D eigenvalue weighted by molar-refractivity contribution is -0.138. The summed E-state index contributed by atoms with van der Waals surface area (Å²) in [7, 11) is 0.640. The number of rotatable bonds is 6. The molecule has 0 aromatic heterocycles. The zero-order valence-corrected chi connectivity index (χ0v) is 19.1. The van der Waals surface area contributed by atoms with Crippen molar-refractivity contribution in [2.24, 2.45) is 17.8 Å². The minimum Gasteiger partial charge on any atom is -0.508 e. The van der Waals surface area contributed by atoms with Crippen molar-refractivity contribution < 1.29 is 24.4 Å². The Morgan fingerprint density at radius 1 is 1.25 bits per heavy atom. The predicted octanol–water partition coefficient (Wildman–Crippen LogP) is 3.80. The van der Waals surface area contributed by atoms with Gasteiger partial charge in [0.05, 0.1) is 17.9 Å². The summed E-state index contributed by atoms with van der Waals surface area (Å²) in [4.78, 5) is 26.8. The normalized spacial score (nSPS) is 28.3. The molecule has 0 radical (unpaired) electrons. The van der Waals surface area contributed by atoms with Gasteiger partial charge < -0.3 is 14.8 Å². The van der Waals surface area contributed by atoms with E-state index in [0.717, 1.165) is 30.4 Å². The van der Waals surface area contributed by atoms with Crippen molar-refractivity contribution in [2.75, 3.05) is 7.05 Å². The number of carbonyl (C=O) groups is 2. The van der Waals surface area contributed by atoms with E-state index in [1.807, 2.05) is 12.1 Å². The number of allylic oxidation sites excluding steroid dienone is 2. The van der Waals surface area contributed by atoms with E-state index in [9.17, 15) is 19.7 Å². The molecule has 3 aliphatic rings. The molecule has 2 amide bonds. The molecule has 0 bridgehead atoms. The molecule has 2 heterocycles. The summed E-state index contributed by atoms with van der Waals surface area (Å²) in [6, 6.07) is 7.19. The first-order valence-electron chi connectivity index (χ1n) is 11.7. The van der Waals surface area contributed by atoms with Crippen LogP contribution in [-0.4, -0.2) is 47.1 Å². The molecule has 7 heteroatoms. The fourth-order valence-electron chi connectivity index (χ4n) is 5.78. The van der Waals surface area contributed by atoms with Crippen molar-refractivity contribution in [3.05, 3.63) is 46.5 Å². The van der Waals surface area contributed by atoms with Crippen LogP contribution in [0, 0.1) is 17.8 Å². The minimum atomic E-state index is -0.931. The Hall–Kier alpha value is -2.38. The van der Waals surface area contributed by atoms with Gasteiger partial charge in [-0.2, -0.15) is 0 Å². The number of hydrogen-bond donors (Lipinski definition) is 2. The lowest BCUT2D eigenvalue weighted by Gasteiger charge is -2.43. The largest absolute Gasteiger partial charge is 0.508 e. The molecule has 0 saturated carbocycles. The van der Waals surface area contributed by atoms with Crippen molar-refractivity contribution >= 4 is 25.0 Å². The van der Waals surface area contributed by atoms with Crippen LogP contribution in [0.5, 0.6) is 5.75 Å². The molecule has 2 aliphatic heterocycles. The summed E-state index contributed by atoms with van der Waals surface area (Å²) in [5.41, 5.74) is 4.54. The molecule has 1 aliphatic carbocycles. The molecule has 32 heavy (non-hydrogen) atoms. The Morgan fingerprint density at radius 2 is 2.03 bits per heavy atom. The predicted molar refractivity (Wildman–Crippen MR) is 123 cm³/mol. The van der Waals surface area contributed by atoms with Gasteiger partial charge in [0.15, 0.2) is 0 Å². The summed E-state index contributed by atoms with van der Waals surface area (Å²) in [5, 5.41) is 20.2. The number of carbonyl (C=O) groups excluding carboxylic acids is 2.